The molecule has 1 heterocycles. The molecule has 0 unspecified atom stereocenters. The van der Waals surface area contributed by atoms with Gasteiger partial charge in [-0.15, -0.1) is 0 Å². The number of carbonyl (C=O) groups is 4. The zero-order chi connectivity index (χ0) is 19.1. The van der Waals surface area contributed by atoms with Gasteiger partial charge in [-0.05, 0) is 31.2 Å². The van der Waals surface area contributed by atoms with Crippen LogP contribution >= 0.6 is 0 Å². The molecule has 0 aliphatic rings. The number of ether oxygens (including phenoxy) is 2. The number of esters is 1. The van der Waals surface area contributed by atoms with Gasteiger partial charge in [0, 0.05) is 0 Å². The molecule has 0 radical (unpaired) electrons. The molecule has 0 fully saturated rings. The number of methoxy groups -OCH3 is 1. The Balaban J connectivity index is 2.08. The number of benzene rings is 1. The number of nitrogens with one attached hydrogen (secondary N) is 2. The Hall–Kier alpha value is -3.62. The Labute approximate surface area is 148 Å². The number of hydrogen-bond acceptors (Lipinski definition) is 7. The largest absolute Gasteiger partial charge is 0.459 e. The van der Waals surface area contributed by atoms with Gasteiger partial charge in [0.25, 0.3) is 11.8 Å². The van der Waals surface area contributed by atoms with Crippen LogP contribution in [0.4, 0.5) is 10.5 Å². The molecule has 3 amide bonds. The van der Waals surface area contributed by atoms with Crippen molar-refractivity contribution in [3.05, 3.63) is 54.0 Å². The molecular formula is C17H16N2O7. The highest BCUT2D eigenvalue weighted by Crippen LogP contribution is 2.18. The highest BCUT2D eigenvalue weighted by Gasteiger charge is 2.23. The molecule has 1 aromatic carbocycles. The van der Waals surface area contributed by atoms with Crippen LogP contribution in [0.2, 0.25) is 0 Å². The van der Waals surface area contributed by atoms with E-state index >= 15 is 0 Å². The summed E-state index contributed by atoms with van der Waals surface area (Å²) in [5.41, 5.74) is 0.213. The maximum Gasteiger partial charge on any atom is 0.413 e. The van der Waals surface area contributed by atoms with Crippen molar-refractivity contribution in [2.24, 2.45) is 0 Å². The molecule has 0 spiro atoms. The third-order valence-electron chi connectivity index (χ3n) is 3.20. The lowest BCUT2D eigenvalue weighted by molar-refractivity contribution is -0.128. The van der Waals surface area contributed by atoms with Gasteiger partial charge in [-0.3, -0.25) is 14.9 Å². The van der Waals surface area contributed by atoms with Crippen LogP contribution in [0, 0.1) is 0 Å². The van der Waals surface area contributed by atoms with Gasteiger partial charge in [-0.1, -0.05) is 12.1 Å². The van der Waals surface area contributed by atoms with E-state index in [0.29, 0.717) is 0 Å². The molecule has 9 heteroatoms. The first-order chi connectivity index (χ1) is 12.4. The molecule has 0 saturated carbocycles. The summed E-state index contributed by atoms with van der Waals surface area (Å²) >= 11 is 0. The zero-order valence-electron chi connectivity index (χ0n) is 14.0. The smallest absolute Gasteiger partial charge is 0.413 e. The number of para-hydroxylation sites is 1. The first kappa shape index (κ1) is 18.7. The number of alkyl carbamates (subject to hydrolysis) is 1. The van der Waals surface area contributed by atoms with Gasteiger partial charge in [-0.2, -0.15) is 0 Å². The fourth-order valence-electron chi connectivity index (χ4n) is 1.89. The third-order valence-corrected chi connectivity index (χ3v) is 3.20. The molecule has 136 valence electrons. The molecule has 0 saturated heterocycles. The molecule has 1 atom stereocenters. The average Bonchev–Trinajstić information content (AvgIpc) is 3.16. The lowest BCUT2D eigenvalue weighted by Gasteiger charge is -2.14. The van der Waals surface area contributed by atoms with Crippen molar-refractivity contribution in [2.45, 2.75) is 13.0 Å². The topological polar surface area (TPSA) is 124 Å². The number of hydrogen-bond donors (Lipinski definition) is 2. The quantitative estimate of drug-likeness (QED) is 0.781. The minimum Gasteiger partial charge on any atom is -0.459 e. The molecule has 2 N–H and O–H groups in total. The van der Waals surface area contributed by atoms with Crippen LogP contribution in [0.15, 0.2) is 47.1 Å². The van der Waals surface area contributed by atoms with E-state index in [4.69, 9.17) is 9.15 Å². The Kier molecular flexibility index (Phi) is 6.10. The maximum absolute atomic E-state index is 12.3. The van der Waals surface area contributed by atoms with Crippen LogP contribution in [-0.4, -0.2) is 37.1 Å². The van der Waals surface area contributed by atoms with E-state index in [0.717, 1.165) is 7.11 Å². The van der Waals surface area contributed by atoms with Crippen molar-refractivity contribution < 1.29 is 33.1 Å². The zero-order valence-corrected chi connectivity index (χ0v) is 14.0. The van der Waals surface area contributed by atoms with Gasteiger partial charge in [0.1, 0.15) is 0 Å². The van der Waals surface area contributed by atoms with Crippen LogP contribution in [0.3, 0.4) is 0 Å². The van der Waals surface area contributed by atoms with Crippen molar-refractivity contribution in [3.63, 3.8) is 0 Å². The Morgan fingerprint density at radius 2 is 1.81 bits per heavy atom. The molecule has 0 aliphatic heterocycles. The van der Waals surface area contributed by atoms with Gasteiger partial charge in [0.15, 0.2) is 11.9 Å². The second kappa shape index (κ2) is 8.47. The molecule has 2 rings (SSSR count). The van der Waals surface area contributed by atoms with E-state index in [1.165, 1.54) is 31.4 Å². The van der Waals surface area contributed by atoms with E-state index in [9.17, 15) is 19.2 Å². The first-order valence-corrected chi connectivity index (χ1v) is 7.46. The molecule has 0 bridgehead atoms. The van der Waals surface area contributed by atoms with Crippen LogP contribution < -0.4 is 10.6 Å². The van der Waals surface area contributed by atoms with Crippen LogP contribution in [-0.2, 0) is 14.3 Å². The number of rotatable bonds is 5. The minimum atomic E-state index is -1.25. The summed E-state index contributed by atoms with van der Waals surface area (Å²) in [6, 6.07) is 9.12. The summed E-state index contributed by atoms with van der Waals surface area (Å²) in [6.45, 7) is 1.29. The third kappa shape index (κ3) is 4.69. The van der Waals surface area contributed by atoms with Gasteiger partial charge in [0.05, 0.1) is 24.6 Å². The van der Waals surface area contributed by atoms with E-state index in [-0.39, 0.29) is 17.0 Å². The Bertz CT molecular complexity index is 814. The number of imide groups is 1. The molecule has 0 aliphatic carbocycles. The molecule has 26 heavy (non-hydrogen) atoms. The lowest BCUT2D eigenvalue weighted by atomic mass is 10.1. The molecule has 9 nitrogen and oxygen atoms in total. The predicted octanol–water partition coefficient (Wildman–Crippen LogP) is 1.96. The van der Waals surface area contributed by atoms with E-state index < -0.39 is 30.0 Å². The van der Waals surface area contributed by atoms with E-state index in [1.807, 2.05) is 5.32 Å². The Morgan fingerprint density at radius 1 is 1.08 bits per heavy atom. The maximum atomic E-state index is 12.3. The summed E-state index contributed by atoms with van der Waals surface area (Å²) in [4.78, 5) is 47.1. The number of amides is 3. The molecule has 1 aromatic heterocycles. The van der Waals surface area contributed by atoms with Crippen molar-refractivity contribution >= 4 is 29.6 Å². The summed E-state index contributed by atoms with van der Waals surface area (Å²) in [7, 11) is 1.09. The highest BCUT2D eigenvalue weighted by atomic mass is 16.6. The predicted molar refractivity (Wildman–Crippen MR) is 88.5 cm³/mol. The minimum absolute atomic E-state index is 0.0325. The lowest BCUT2D eigenvalue weighted by Crippen LogP contribution is -2.39. The molecular weight excluding hydrogens is 344 g/mol. The fourth-order valence-corrected chi connectivity index (χ4v) is 1.89. The van der Waals surface area contributed by atoms with Crippen LogP contribution in [0.25, 0.3) is 0 Å². The van der Waals surface area contributed by atoms with E-state index in [1.54, 1.807) is 18.2 Å². The SMILES string of the molecule is COC(=O)NC(=O)[C@@H](C)OC(=O)c1ccccc1NC(=O)c1ccco1. The fraction of sp³-hybridized carbons (Fsp3) is 0.176. The van der Waals surface area contributed by atoms with Gasteiger partial charge in [0.2, 0.25) is 0 Å². The Morgan fingerprint density at radius 3 is 2.46 bits per heavy atom. The summed E-state index contributed by atoms with van der Waals surface area (Å²) in [5, 5.41) is 4.42. The van der Waals surface area contributed by atoms with Crippen LogP contribution in [0.5, 0.6) is 0 Å². The van der Waals surface area contributed by atoms with Gasteiger partial charge >= 0.3 is 12.1 Å². The number of carbonyl (C=O) groups excluding carboxylic acids is 4. The average molecular weight is 360 g/mol. The normalized spacial score (nSPS) is 11.2. The monoisotopic (exact) mass is 360 g/mol. The second-order valence-electron chi connectivity index (χ2n) is 5.01. The van der Waals surface area contributed by atoms with Crippen LogP contribution in [0.1, 0.15) is 27.8 Å². The van der Waals surface area contributed by atoms with Crippen molar-refractivity contribution in [2.75, 3.05) is 12.4 Å². The number of furan rings is 1. The van der Waals surface area contributed by atoms with Crippen molar-refractivity contribution in [1.29, 1.82) is 0 Å². The van der Waals surface area contributed by atoms with E-state index in [2.05, 4.69) is 10.1 Å². The summed E-state index contributed by atoms with van der Waals surface area (Å²) < 4.78 is 14.3. The highest BCUT2D eigenvalue weighted by molar-refractivity contribution is 6.07. The first-order valence-electron chi connectivity index (χ1n) is 7.46. The summed E-state index contributed by atoms with van der Waals surface area (Å²) in [6.07, 6.45) is -0.879. The second-order valence-corrected chi connectivity index (χ2v) is 5.01. The van der Waals surface area contributed by atoms with Gasteiger partial charge in [-0.25, -0.2) is 9.59 Å². The van der Waals surface area contributed by atoms with Crippen molar-refractivity contribution in [3.8, 4) is 0 Å². The van der Waals surface area contributed by atoms with Gasteiger partial charge < -0.3 is 19.2 Å². The number of anilines is 1. The molecule has 2 aromatic rings. The van der Waals surface area contributed by atoms with Crippen molar-refractivity contribution in [1.82, 2.24) is 5.32 Å². The standard InChI is InChI=1S/C17H16N2O7/c1-10(14(20)19-17(23)24-2)26-16(22)11-6-3-4-7-12(11)18-15(21)13-8-5-9-25-13/h3-10H,1-2H3,(H,18,21)(H,19,20,23)/t10-/m1/s1. The summed E-state index contributed by atoms with van der Waals surface area (Å²) in [5.74, 6) is -2.18.